The molecule has 1 N–H and O–H groups in total. The van der Waals surface area contributed by atoms with Crippen molar-refractivity contribution in [2.24, 2.45) is 0 Å². The highest BCUT2D eigenvalue weighted by molar-refractivity contribution is 5.95. The first kappa shape index (κ1) is 13.7. The lowest BCUT2D eigenvalue weighted by Crippen LogP contribution is -2.24. The van der Waals surface area contributed by atoms with Crippen LogP contribution in [0.2, 0.25) is 0 Å². The summed E-state index contributed by atoms with van der Waals surface area (Å²) >= 11 is 0. The van der Waals surface area contributed by atoms with E-state index in [2.05, 4.69) is 5.32 Å². The van der Waals surface area contributed by atoms with Gasteiger partial charge in [0.25, 0.3) is 11.6 Å². The topological polar surface area (TPSA) is 85.4 Å². The Hall–Kier alpha value is -2.70. The van der Waals surface area contributed by atoms with Crippen LogP contribution >= 0.6 is 0 Å². The molecule has 7 heteroatoms. The fourth-order valence-corrected chi connectivity index (χ4v) is 1.70. The molecular weight excluding hydrogens is 267 g/mol. The lowest BCUT2D eigenvalue weighted by atomic mass is 10.1. The Kier molecular flexibility index (Phi) is 3.79. The van der Waals surface area contributed by atoms with Gasteiger partial charge in [0.1, 0.15) is 11.6 Å². The van der Waals surface area contributed by atoms with E-state index in [1.54, 1.807) is 12.1 Å². The van der Waals surface area contributed by atoms with E-state index in [-0.39, 0.29) is 23.4 Å². The number of nitro groups is 1. The summed E-state index contributed by atoms with van der Waals surface area (Å²) in [6.45, 7) is 1.44. The molecule has 6 nitrogen and oxygen atoms in total. The summed E-state index contributed by atoms with van der Waals surface area (Å²) in [7, 11) is 0. The predicted octanol–water partition coefficient (Wildman–Crippen LogP) is 2.57. The number of hydrogen-bond donors (Lipinski definition) is 1. The van der Waals surface area contributed by atoms with Crippen LogP contribution < -0.4 is 5.32 Å². The highest BCUT2D eigenvalue weighted by Crippen LogP contribution is 2.21. The summed E-state index contributed by atoms with van der Waals surface area (Å²) in [5.41, 5.74) is -0.641. The van der Waals surface area contributed by atoms with Crippen molar-refractivity contribution in [1.82, 2.24) is 5.32 Å². The van der Waals surface area contributed by atoms with Gasteiger partial charge in [-0.15, -0.1) is 0 Å². The zero-order valence-electron chi connectivity index (χ0n) is 10.6. The summed E-state index contributed by atoms with van der Waals surface area (Å²) < 4.78 is 18.9. The normalized spacial score (nSPS) is 10.3. The highest BCUT2D eigenvalue weighted by atomic mass is 19.1. The summed E-state index contributed by atoms with van der Waals surface area (Å²) in [5.74, 6) is -1.00. The monoisotopic (exact) mass is 278 g/mol. The molecule has 0 radical (unpaired) electrons. The van der Waals surface area contributed by atoms with Crippen LogP contribution in [0.3, 0.4) is 0 Å². The van der Waals surface area contributed by atoms with Crippen LogP contribution in [-0.2, 0) is 6.54 Å². The molecule has 0 aliphatic carbocycles. The van der Waals surface area contributed by atoms with Gasteiger partial charge in [-0.2, -0.15) is 0 Å². The summed E-state index contributed by atoms with van der Waals surface area (Å²) in [6, 6.07) is 5.30. The Labute approximate surface area is 113 Å². The molecule has 0 aliphatic heterocycles. The summed E-state index contributed by atoms with van der Waals surface area (Å²) in [5, 5.41) is 13.2. The van der Waals surface area contributed by atoms with E-state index in [0.29, 0.717) is 5.76 Å². The first-order valence-electron chi connectivity index (χ1n) is 5.74. The zero-order valence-corrected chi connectivity index (χ0v) is 10.6. The second-order valence-electron chi connectivity index (χ2n) is 4.14. The van der Waals surface area contributed by atoms with Crippen LogP contribution in [0.15, 0.2) is 34.9 Å². The summed E-state index contributed by atoms with van der Waals surface area (Å²) in [6.07, 6.45) is 1.44. The molecule has 0 saturated carbocycles. The molecule has 2 rings (SSSR count). The van der Waals surface area contributed by atoms with Gasteiger partial charge >= 0.3 is 0 Å². The van der Waals surface area contributed by atoms with E-state index in [1.807, 2.05) is 0 Å². The molecule has 0 atom stereocenters. The molecule has 0 saturated heterocycles. The minimum absolute atomic E-state index is 0.0438. The lowest BCUT2D eigenvalue weighted by Gasteiger charge is -2.06. The van der Waals surface area contributed by atoms with E-state index >= 15 is 0 Å². The third-order valence-corrected chi connectivity index (χ3v) is 2.70. The first-order chi connectivity index (χ1) is 9.49. The maximum absolute atomic E-state index is 13.9. The predicted molar refractivity (Wildman–Crippen MR) is 67.7 cm³/mol. The molecular formula is C13H11FN2O4. The molecule has 1 amide bonds. The van der Waals surface area contributed by atoms with E-state index in [9.17, 15) is 19.3 Å². The van der Waals surface area contributed by atoms with Crippen LogP contribution in [0.25, 0.3) is 0 Å². The van der Waals surface area contributed by atoms with Crippen molar-refractivity contribution in [2.45, 2.75) is 13.5 Å². The fourth-order valence-electron chi connectivity index (χ4n) is 1.70. The van der Waals surface area contributed by atoms with Crippen molar-refractivity contribution in [1.29, 1.82) is 0 Å². The van der Waals surface area contributed by atoms with Crippen LogP contribution in [-0.4, -0.2) is 10.8 Å². The maximum Gasteiger partial charge on any atom is 0.270 e. The molecule has 1 aromatic carbocycles. The third-order valence-electron chi connectivity index (χ3n) is 2.70. The first-order valence-corrected chi connectivity index (χ1v) is 5.74. The number of non-ortho nitro benzene ring substituents is 1. The van der Waals surface area contributed by atoms with Gasteiger partial charge < -0.3 is 9.73 Å². The van der Waals surface area contributed by atoms with Gasteiger partial charge in [0.15, 0.2) is 0 Å². The molecule has 104 valence electrons. The molecule has 1 aromatic heterocycles. The fraction of sp³-hybridized carbons (Fsp3) is 0.154. The lowest BCUT2D eigenvalue weighted by molar-refractivity contribution is -0.385. The number of carbonyl (C=O) groups is 1. The number of nitro benzene ring substituents is 1. The van der Waals surface area contributed by atoms with Crippen molar-refractivity contribution < 1.29 is 18.5 Å². The largest absolute Gasteiger partial charge is 0.467 e. The van der Waals surface area contributed by atoms with Crippen LogP contribution in [0.1, 0.15) is 21.7 Å². The molecule has 2 aromatic rings. The Morgan fingerprint density at radius 2 is 2.25 bits per heavy atom. The minimum Gasteiger partial charge on any atom is -0.467 e. The van der Waals surface area contributed by atoms with Crippen molar-refractivity contribution >= 4 is 11.6 Å². The number of hydrogen-bond acceptors (Lipinski definition) is 4. The van der Waals surface area contributed by atoms with E-state index in [4.69, 9.17) is 4.42 Å². The zero-order chi connectivity index (χ0) is 14.7. The van der Waals surface area contributed by atoms with Crippen LogP contribution in [0.5, 0.6) is 0 Å². The molecule has 0 fully saturated rings. The number of rotatable bonds is 4. The van der Waals surface area contributed by atoms with E-state index in [0.717, 1.165) is 12.1 Å². The quantitative estimate of drug-likeness (QED) is 0.688. The number of nitrogens with zero attached hydrogens (tertiary/aromatic N) is 1. The van der Waals surface area contributed by atoms with Gasteiger partial charge in [0.2, 0.25) is 0 Å². The number of halogens is 1. The Morgan fingerprint density at radius 3 is 2.85 bits per heavy atom. The Morgan fingerprint density at radius 1 is 1.50 bits per heavy atom. The van der Waals surface area contributed by atoms with Crippen molar-refractivity contribution in [3.05, 3.63) is 63.3 Å². The van der Waals surface area contributed by atoms with Gasteiger partial charge in [-0.1, -0.05) is 0 Å². The van der Waals surface area contributed by atoms with Gasteiger partial charge in [-0.25, -0.2) is 4.39 Å². The maximum atomic E-state index is 13.9. The van der Waals surface area contributed by atoms with E-state index < -0.39 is 16.6 Å². The SMILES string of the molecule is Cc1cc([N+](=O)[O-])cc(C(=O)NCc2ccco2)c1F. The van der Waals surface area contributed by atoms with Gasteiger partial charge in [-0.3, -0.25) is 14.9 Å². The molecule has 0 aliphatic rings. The van der Waals surface area contributed by atoms with Gasteiger partial charge in [0.05, 0.1) is 23.3 Å². The van der Waals surface area contributed by atoms with Crippen molar-refractivity contribution in [3.8, 4) is 0 Å². The van der Waals surface area contributed by atoms with Gasteiger partial charge in [-0.05, 0) is 24.6 Å². The molecule has 0 bridgehead atoms. The number of benzene rings is 1. The molecule has 1 heterocycles. The smallest absolute Gasteiger partial charge is 0.270 e. The average Bonchev–Trinajstić information content (AvgIpc) is 2.92. The molecule has 0 unspecified atom stereocenters. The van der Waals surface area contributed by atoms with E-state index in [1.165, 1.54) is 13.2 Å². The summed E-state index contributed by atoms with van der Waals surface area (Å²) in [4.78, 5) is 21.9. The molecule has 20 heavy (non-hydrogen) atoms. The number of carbonyl (C=O) groups excluding carboxylic acids is 1. The average molecular weight is 278 g/mol. The van der Waals surface area contributed by atoms with Gasteiger partial charge in [0, 0.05) is 12.1 Å². The third kappa shape index (κ3) is 2.82. The number of furan rings is 1. The standard InChI is InChI=1S/C13H11FN2O4/c1-8-5-9(16(18)19)6-11(12(8)14)13(17)15-7-10-3-2-4-20-10/h2-6H,7H2,1H3,(H,15,17). The Balaban J connectivity index is 2.22. The van der Waals surface area contributed by atoms with Crippen LogP contribution in [0, 0.1) is 22.9 Å². The van der Waals surface area contributed by atoms with Crippen LogP contribution in [0.4, 0.5) is 10.1 Å². The van der Waals surface area contributed by atoms with Crippen molar-refractivity contribution in [2.75, 3.05) is 0 Å². The molecule has 0 spiro atoms. The number of aryl methyl sites for hydroxylation is 1. The number of nitrogens with one attached hydrogen (secondary N) is 1. The van der Waals surface area contributed by atoms with Crippen molar-refractivity contribution in [3.63, 3.8) is 0 Å². The second kappa shape index (κ2) is 5.52. The Bertz CT molecular complexity index is 653. The second-order valence-corrected chi connectivity index (χ2v) is 4.14. The highest BCUT2D eigenvalue weighted by Gasteiger charge is 2.19. The minimum atomic E-state index is -0.771. The number of amides is 1.